The van der Waals surface area contributed by atoms with Gasteiger partial charge in [-0.1, -0.05) is 31.2 Å². The average molecular weight is 361 g/mol. The molecule has 2 amide bonds. The van der Waals surface area contributed by atoms with Crippen LogP contribution in [0.2, 0.25) is 0 Å². The Morgan fingerprint density at radius 2 is 1.58 bits per heavy atom. The first kappa shape index (κ1) is 21.9. The van der Waals surface area contributed by atoms with Gasteiger partial charge in [-0.05, 0) is 6.42 Å². The summed E-state index contributed by atoms with van der Waals surface area (Å²) < 4.78 is 4.97. The zero-order valence-electron chi connectivity index (χ0n) is 15.8. The Balaban J connectivity index is 3.28. The highest BCUT2D eigenvalue weighted by molar-refractivity contribution is 5.96. The molecule has 0 N–H and O–H groups in total. The molecule has 6 nitrogen and oxygen atoms in total. The molecule has 0 unspecified atom stereocenters. The molecule has 0 spiro atoms. The van der Waals surface area contributed by atoms with Gasteiger partial charge in [-0.15, -0.1) is 26.3 Å². The van der Waals surface area contributed by atoms with Gasteiger partial charge < -0.3 is 4.74 Å². The summed E-state index contributed by atoms with van der Waals surface area (Å²) >= 11 is 0. The van der Waals surface area contributed by atoms with Crippen LogP contribution in [0, 0.1) is 0 Å². The van der Waals surface area contributed by atoms with Crippen molar-refractivity contribution in [3.8, 4) is 0 Å². The lowest BCUT2D eigenvalue weighted by atomic mass is 9.99. The first-order chi connectivity index (χ1) is 12.5. The van der Waals surface area contributed by atoms with Gasteiger partial charge in [-0.3, -0.25) is 14.6 Å². The Labute approximate surface area is 157 Å². The zero-order valence-corrected chi connectivity index (χ0v) is 15.8. The number of nitrogens with zero attached hydrogens (tertiary/aromatic N) is 3. The maximum atomic E-state index is 13.3. The second-order valence-electron chi connectivity index (χ2n) is 6.09. The number of ether oxygens (including phenoxy) is 1. The summed E-state index contributed by atoms with van der Waals surface area (Å²) in [6.45, 7) is 20.1. The van der Waals surface area contributed by atoms with Gasteiger partial charge in [0.05, 0.1) is 6.54 Å². The van der Waals surface area contributed by atoms with Crippen LogP contribution in [0.1, 0.15) is 13.3 Å². The number of imide groups is 1. The molecule has 6 heteroatoms. The lowest BCUT2D eigenvalue weighted by Gasteiger charge is -2.41. The largest absolute Gasteiger partial charge is 0.447 e. The number of cyclic esters (lactones) is 1. The fraction of sp³-hybridized carbons (Fsp3) is 0.500. The fourth-order valence-corrected chi connectivity index (χ4v) is 3.31. The van der Waals surface area contributed by atoms with E-state index in [1.54, 1.807) is 12.2 Å². The maximum absolute atomic E-state index is 13.3. The summed E-state index contributed by atoms with van der Waals surface area (Å²) in [6.07, 6.45) is 7.28. The number of rotatable bonds is 13. The summed E-state index contributed by atoms with van der Waals surface area (Å²) in [5.74, 6) is -0.249. The van der Waals surface area contributed by atoms with Crippen LogP contribution in [0.15, 0.2) is 50.6 Å². The normalized spacial score (nSPS) is 16.3. The van der Waals surface area contributed by atoms with E-state index in [9.17, 15) is 9.59 Å². The standard InChI is InChI=1S/C20H31N3O3/c1-6-11-21(12-7-2)17(10-5)18(22(13-8-3)14-9-4)19(24)23-15-16-26-20(23)25/h6-9,17-18H,1-4,10-16H2,5H3/t17-,18+/m0/s1. The predicted molar refractivity (Wildman–Crippen MR) is 105 cm³/mol. The van der Waals surface area contributed by atoms with Gasteiger partial charge in [0.25, 0.3) is 5.91 Å². The van der Waals surface area contributed by atoms with E-state index in [2.05, 4.69) is 31.2 Å². The van der Waals surface area contributed by atoms with Gasteiger partial charge in [-0.25, -0.2) is 9.69 Å². The highest BCUT2D eigenvalue weighted by Crippen LogP contribution is 2.20. The topological polar surface area (TPSA) is 53.1 Å². The lowest BCUT2D eigenvalue weighted by Crippen LogP contribution is -2.59. The summed E-state index contributed by atoms with van der Waals surface area (Å²) in [5.41, 5.74) is 0. The second kappa shape index (κ2) is 11.4. The molecule has 1 rings (SSSR count). The molecule has 1 fully saturated rings. The van der Waals surface area contributed by atoms with E-state index in [1.807, 2.05) is 24.0 Å². The fourth-order valence-electron chi connectivity index (χ4n) is 3.31. The van der Waals surface area contributed by atoms with Crippen LogP contribution in [0.3, 0.4) is 0 Å². The van der Waals surface area contributed by atoms with Crippen molar-refractivity contribution in [2.45, 2.75) is 25.4 Å². The Hall–Kier alpha value is -2.18. The van der Waals surface area contributed by atoms with E-state index >= 15 is 0 Å². The van der Waals surface area contributed by atoms with Crippen molar-refractivity contribution >= 4 is 12.0 Å². The monoisotopic (exact) mass is 361 g/mol. The first-order valence-electron chi connectivity index (χ1n) is 8.95. The zero-order chi connectivity index (χ0) is 19.5. The number of hydrogen-bond donors (Lipinski definition) is 0. The number of carbonyl (C=O) groups is 2. The third kappa shape index (κ3) is 5.41. The number of amides is 2. The van der Waals surface area contributed by atoms with Crippen LogP contribution in [0.5, 0.6) is 0 Å². The van der Waals surface area contributed by atoms with Crippen molar-refractivity contribution in [2.24, 2.45) is 0 Å². The predicted octanol–water partition coefficient (Wildman–Crippen LogP) is 2.46. The van der Waals surface area contributed by atoms with E-state index in [0.717, 1.165) is 6.42 Å². The molecule has 26 heavy (non-hydrogen) atoms. The van der Waals surface area contributed by atoms with E-state index in [0.29, 0.717) is 26.2 Å². The third-order valence-corrected chi connectivity index (χ3v) is 4.38. The minimum Gasteiger partial charge on any atom is -0.447 e. The summed E-state index contributed by atoms with van der Waals surface area (Å²) in [6, 6.07) is -0.645. The van der Waals surface area contributed by atoms with Crippen molar-refractivity contribution < 1.29 is 14.3 Å². The molecule has 1 aliphatic heterocycles. The highest BCUT2D eigenvalue weighted by Gasteiger charge is 2.41. The molecular weight excluding hydrogens is 330 g/mol. The van der Waals surface area contributed by atoms with Crippen molar-refractivity contribution in [3.63, 3.8) is 0 Å². The average Bonchev–Trinajstić information content (AvgIpc) is 3.05. The molecule has 0 aromatic carbocycles. The van der Waals surface area contributed by atoms with Crippen LogP contribution >= 0.6 is 0 Å². The first-order valence-corrected chi connectivity index (χ1v) is 8.95. The lowest BCUT2D eigenvalue weighted by molar-refractivity contribution is -0.135. The summed E-state index contributed by atoms with van der Waals surface area (Å²) in [7, 11) is 0. The molecule has 0 aliphatic carbocycles. The van der Waals surface area contributed by atoms with E-state index in [4.69, 9.17) is 4.74 Å². The molecule has 0 radical (unpaired) electrons. The summed E-state index contributed by atoms with van der Waals surface area (Å²) in [5, 5.41) is 0. The minimum absolute atomic E-state index is 0.119. The SMILES string of the molecule is C=CCN(CC=C)[C@@H](CC)[C@H](C(=O)N1CCOC1=O)N(CC=C)CC=C. The molecule has 0 aromatic heterocycles. The second-order valence-corrected chi connectivity index (χ2v) is 6.09. The Morgan fingerprint density at radius 1 is 1.08 bits per heavy atom. The molecule has 1 saturated heterocycles. The molecule has 1 heterocycles. The van der Waals surface area contributed by atoms with E-state index in [1.165, 1.54) is 4.90 Å². The van der Waals surface area contributed by atoms with Gasteiger partial charge in [0.1, 0.15) is 12.6 Å². The van der Waals surface area contributed by atoms with Crippen LogP contribution < -0.4 is 0 Å². The number of hydrogen-bond acceptors (Lipinski definition) is 5. The minimum atomic E-state index is -0.578. The van der Waals surface area contributed by atoms with Gasteiger partial charge in [0, 0.05) is 32.2 Å². The Bertz CT molecular complexity index is 512. The highest BCUT2D eigenvalue weighted by atomic mass is 16.6. The van der Waals surface area contributed by atoms with Crippen LogP contribution in [-0.2, 0) is 9.53 Å². The van der Waals surface area contributed by atoms with Crippen LogP contribution in [-0.4, -0.2) is 78.1 Å². The Morgan fingerprint density at radius 3 is 1.96 bits per heavy atom. The molecule has 0 aromatic rings. The van der Waals surface area contributed by atoms with E-state index in [-0.39, 0.29) is 25.1 Å². The van der Waals surface area contributed by atoms with Gasteiger partial charge in [0.2, 0.25) is 0 Å². The van der Waals surface area contributed by atoms with Crippen molar-refractivity contribution in [2.75, 3.05) is 39.3 Å². The summed E-state index contributed by atoms with van der Waals surface area (Å²) in [4.78, 5) is 30.6. The maximum Gasteiger partial charge on any atom is 0.416 e. The molecule has 2 atom stereocenters. The van der Waals surface area contributed by atoms with Crippen LogP contribution in [0.25, 0.3) is 0 Å². The van der Waals surface area contributed by atoms with Crippen molar-refractivity contribution in [3.05, 3.63) is 50.6 Å². The molecule has 0 bridgehead atoms. The third-order valence-electron chi connectivity index (χ3n) is 4.38. The van der Waals surface area contributed by atoms with Gasteiger partial charge >= 0.3 is 6.09 Å². The Kier molecular flexibility index (Phi) is 9.62. The smallest absolute Gasteiger partial charge is 0.416 e. The number of carbonyl (C=O) groups excluding carboxylic acids is 2. The van der Waals surface area contributed by atoms with Crippen molar-refractivity contribution in [1.29, 1.82) is 0 Å². The van der Waals surface area contributed by atoms with E-state index < -0.39 is 12.1 Å². The quantitative estimate of drug-likeness (QED) is 0.472. The molecule has 144 valence electrons. The van der Waals surface area contributed by atoms with Crippen molar-refractivity contribution in [1.82, 2.24) is 14.7 Å². The molecule has 0 saturated carbocycles. The molecule has 1 aliphatic rings. The van der Waals surface area contributed by atoms with Gasteiger partial charge in [0.15, 0.2) is 0 Å². The van der Waals surface area contributed by atoms with Gasteiger partial charge in [-0.2, -0.15) is 0 Å². The molecular formula is C20H31N3O3. The van der Waals surface area contributed by atoms with Crippen LogP contribution in [0.4, 0.5) is 4.79 Å².